The van der Waals surface area contributed by atoms with Crippen LogP contribution in [0.2, 0.25) is 0 Å². The topological polar surface area (TPSA) is 34.1 Å². The number of hydrogen-bond acceptors (Lipinski definition) is 4. The van der Waals surface area contributed by atoms with E-state index in [4.69, 9.17) is 4.74 Å². The number of benzene rings is 1. The Hall–Kier alpha value is -1.81. The summed E-state index contributed by atoms with van der Waals surface area (Å²) in [4.78, 5) is 0. The molecule has 1 heterocycles. The van der Waals surface area contributed by atoms with Gasteiger partial charge >= 0.3 is 0 Å². The zero-order valence-electron chi connectivity index (χ0n) is 12.1. The van der Waals surface area contributed by atoms with Gasteiger partial charge in [-0.15, -0.1) is 0 Å². The third kappa shape index (κ3) is 3.84. The molecular weight excluding hydrogens is 268 g/mol. The second-order valence-electron chi connectivity index (χ2n) is 5.58. The molecule has 0 bridgehead atoms. The van der Waals surface area contributed by atoms with Crippen LogP contribution in [-0.4, -0.2) is 11.0 Å². The van der Waals surface area contributed by atoms with Gasteiger partial charge in [0.2, 0.25) is 0 Å². The molecule has 0 spiro atoms. The largest absolute Gasteiger partial charge is 0.490 e. The molecule has 0 saturated heterocycles. The van der Waals surface area contributed by atoms with Crippen molar-refractivity contribution < 1.29 is 4.74 Å². The van der Waals surface area contributed by atoms with E-state index in [-0.39, 0.29) is 5.41 Å². The minimum Gasteiger partial charge on any atom is -0.490 e. The Morgan fingerprint density at radius 3 is 2.55 bits per heavy atom. The molecule has 0 aliphatic rings. The van der Waals surface area contributed by atoms with Crippen molar-refractivity contribution in [2.24, 2.45) is 0 Å². The van der Waals surface area contributed by atoms with Gasteiger partial charge in [0.05, 0.1) is 5.69 Å². The van der Waals surface area contributed by atoms with Crippen LogP contribution in [0, 0.1) is 0 Å². The van der Waals surface area contributed by atoms with Gasteiger partial charge in [0.25, 0.3) is 0 Å². The van der Waals surface area contributed by atoms with E-state index in [9.17, 15) is 0 Å². The number of nitrogens with one attached hydrogen (secondary N) is 1. The highest BCUT2D eigenvalue weighted by Crippen LogP contribution is 2.29. The first-order valence-corrected chi connectivity index (χ1v) is 7.34. The molecule has 20 heavy (non-hydrogen) atoms. The van der Waals surface area contributed by atoms with Crippen LogP contribution in [0.15, 0.2) is 43.0 Å². The standard InChI is InChI=1S/C16H20N2OS/c1-5-10-19-13-8-6-12(7-9-13)17-15-11-14(18-20-15)16(2,3)4/h5-9,11,17H,1,10H2,2-4H3. The number of rotatable bonds is 5. The summed E-state index contributed by atoms with van der Waals surface area (Å²) in [6, 6.07) is 9.98. The van der Waals surface area contributed by atoms with E-state index in [2.05, 4.69) is 43.1 Å². The summed E-state index contributed by atoms with van der Waals surface area (Å²) in [5.41, 5.74) is 2.22. The lowest BCUT2D eigenvalue weighted by Crippen LogP contribution is -2.10. The van der Waals surface area contributed by atoms with Gasteiger partial charge in [0.15, 0.2) is 0 Å². The first kappa shape index (κ1) is 14.6. The van der Waals surface area contributed by atoms with Crippen molar-refractivity contribution in [1.82, 2.24) is 4.37 Å². The number of ether oxygens (including phenoxy) is 1. The average molecular weight is 288 g/mol. The van der Waals surface area contributed by atoms with Gasteiger partial charge in [0, 0.05) is 11.1 Å². The normalized spacial score (nSPS) is 11.2. The molecule has 0 aliphatic heterocycles. The SMILES string of the molecule is C=CCOc1ccc(Nc2cc(C(C)(C)C)ns2)cc1. The van der Waals surface area contributed by atoms with E-state index in [1.165, 1.54) is 11.5 Å². The molecule has 0 atom stereocenters. The van der Waals surface area contributed by atoms with Crippen LogP contribution in [0.1, 0.15) is 26.5 Å². The summed E-state index contributed by atoms with van der Waals surface area (Å²) in [6.07, 6.45) is 1.73. The number of aromatic nitrogens is 1. The summed E-state index contributed by atoms with van der Waals surface area (Å²) in [6.45, 7) is 10.6. The van der Waals surface area contributed by atoms with Crippen molar-refractivity contribution in [2.75, 3.05) is 11.9 Å². The minimum atomic E-state index is 0.0822. The number of hydrogen-bond donors (Lipinski definition) is 1. The number of anilines is 2. The molecule has 2 rings (SSSR count). The Labute approximate surface area is 124 Å². The molecule has 1 aromatic carbocycles. The van der Waals surface area contributed by atoms with Gasteiger partial charge < -0.3 is 10.1 Å². The fourth-order valence-corrected chi connectivity index (χ4v) is 2.47. The molecule has 0 unspecified atom stereocenters. The molecule has 106 valence electrons. The lowest BCUT2D eigenvalue weighted by atomic mass is 9.92. The van der Waals surface area contributed by atoms with Crippen molar-refractivity contribution in [3.05, 3.63) is 48.7 Å². The summed E-state index contributed by atoms with van der Waals surface area (Å²) >= 11 is 1.48. The van der Waals surface area contributed by atoms with Crippen molar-refractivity contribution in [3.63, 3.8) is 0 Å². The molecule has 0 fully saturated rings. The maximum absolute atomic E-state index is 5.45. The van der Waals surface area contributed by atoms with E-state index in [1.54, 1.807) is 6.08 Å². The van der Waals surface area contributed by atoms with E-state index >= 15 is 0 Å². The maximum atomic E-state index is 5.45. The molecule has 1 aromatic heterocycles. The van der Waals surface area contributed by atoms with Crippen molar-refractivity contribution in [3.8, 4) is 5.75 Å². The Morgan fingerprint density at radius 2 is 2.00 bits per heavy atom. The van der Waals surface area contributed by atoms with E-state index < -0.39 is 0 Å². The van der Waals surface area contributed by atoms with Crippen LogP contribution in [0.5, 0.6) is 5.75 Å². The molecule has 2 aromatic rings. The quantitative estimate of drug-likeness (QED) is 0.806. The lowest BCUT2D eigenvalue weighted by molar-refractivity contribution is 0.363. The Morgan fingerprint density at radius 1 is 1.30 bits per heavy atom. The lowest BCUT2D eigenvalue weighted by Gasteiger charge is -2.13. The second kappa shape index (κ2) is 6.09. The van der Waals surface area contributed by atoms with Gasteiger partial charge in [-0.05, 0) is 41.9 Å². The summed E-state index contributed by atoms with van der Waals surface area (Å²) < 4.78 is 9.94. The average Bonchev–Trinajstić information content (AvgIpc) is 2.86. The zero-order valence-corrected chi connectivity index (χ0v) is 13.0. The molecule has 0 amide bonds. The predicted octanol–water partition coefficient (Wildman–Crippen LogP) is 4.75. The summed E-state index contributed by atoms with van der Waals surface area (Å²) in [7, 11) is 0. The molecule has 1 N–H and O–H groups in total. The van der Waals surface area contributed by atoms with Crippen LogP contribution < -0.4 is 10.1 Å². The van der Waals surface area contributed by atoms with Crippen LogP contribution in [0.25, 0.3) is 0 Å². The van der Waals surface area contributed by atoms with Crippen LogP contribution >= 0.6 is 11.5 Å². The predicted molar refractivity (Wildman–Crippen MR) is 86.2 cm³/mol. The number of nitrogens with zero attached hydrogens (tertiary/aromatic N) is 1. The Bertz CT molecular complexity index is 567. The van der Waals surface area contributed by atoms with Gasteiger partial charge in [-0.1, -0.05) is 33.4 Å². The molecule has 0 radical (unpaired) electrons. The van der Waals surface area contributed by atoms with Gasteiger partial charge in [-0.3, -0.25) is 0 Å². The van der Waals surface area contributed by atoms with Crippen LogP contribution in [0.4, 0.5) is 10.7 Å². The molecule has 3 nitrogen and oxygen atoms in total. The molecule has 0 aliphatic carbocycles. The Balaban J connectivity index is 2.03. The third-order valence-electron chi connectivity index (χ3n) is 2.77. The highest BCUT2D eigenvalue weighted by molar-refractivity contribution is 7.10. The van der Waals surface area contributed by atoms with Gasteiger partial charge in [0.1, 0.15) is 17.4 Å². The zero-order chi connectivity index (χ0) is 14.6. The van der Waals surface area contributed by atoms with E-state index in [0.29, 0.717) is 6.61 Å². The van der Waals surface area contributed by atoms with Crippen molar-refractivity contribution in [1.29, 1.82) is 0 Å². The molecule has 0 saturated carbocycles. The summed E-state index contributed by atoms with van der Waals surface area (Å²) in [5, 5.41) is 4.41. The fourth-order valence-electron chi connectivity index (χ4n) is 1.62. The molecular formula is C16H20N2OS. The fraction of sp³-hybridized carbons (Fsp3) is 0.312. The highest BCUT2D eigenvalue weighted by atomic mass is 32.1. The van der Waals surface area contributed by atoms with E-state index in [0.717, 1.165) is 22.1 Å². The molecule has 4 heteroatoms. The maximum Gasteiger partial charge on any atom is 0.119 e. The monoisotopic (exact) mass is 288 g/mol. The van der Waals surface area contributed by atoms with Crippen LogP contribution in [-0.2, 0) is 5.41 Å². The Kier molecular flexibility index (Phi) is 4.45. The third-order valence-corrected chi connectivity index (χ3v) is 3.47. The van der Waals surface area contributed by atoms with Crippen LogP contribution in [0.3, 0.4) is 0 Å². The van der Waals surface area contributed by atoms with Gasteiger partial charge in [-0.2, -0.15) is 4.37 Å². The highest BCUT2D eigenvalue weighted by Gasteiger charge is 2.17. The first-order chi connectivity index (χ1) is 9.49. The smallest absolute Gasteiger partial charge is 0.119 e. The van der Waals surface area contributed by atoms with E-state index in [1.807, 2.05) is 24.3 Å². The van der Waals surface area contributed by atoms with Gasteiger partial charge in [-0.25, -0.2) is 0 Å². The van der Waals surface area contributed by atoms with Crippen molar-refractivity contribution >= 4 is 22.2 Å². The summed E-state index contributed by atoms with van der Waals surface area (Å²) in [5.74, 6) is 0.843. The first-order valence-electron chi connectivity index (χ1n) is 6.57. The van der Waals surface area contributed by atoms with Crippen molar-refractivity contribution in [2.45, 2.75) is 26.2 Å². The minimum absolute atomic E-state index is 0.0822. The second-order valence-corrected chi connectivity index (χ2v) is 6.38.